The summed E-state index contributed by atoms with van der Waals surface area (Å²) in [5, 5.41) is 15.4. The van der Waals surface area contributed by atoms with Crippen molar-refractivity contribution in [2.45, 2.75) is 32.8 Å². The molecule has 1 amide bonds. The van der Waals surface area contributed by atoms with Crippen molar-refractivity contribution in [1.29, 1.82) is 0 Å². The Kier molecular flexibility index (Phi) is 4.04. The van der Waals surface area contributed by atoms with Gasteiger partial charge in [0.25, 0.3) is 5.91 Å². The molecule has 0 bridgehead atoms. The lowest BCUT2D eigenvalue weighted by Crippen LogP contribution is -2.31. The van der Waals surface area contributed by atoms with Crippen LogP contribution in [0.3, 0.4) is 0 Å². The molecule has 116 valence electrons. The number of amides is 1. The van der Waals surface area contributed by atoms with Crippen molar-refractivity contribution in [2.24, 2.45) is 5.41 Å². The van der Waals surface area contributed by atoms with E-state index in [-0.39, 0.29) is 23.2 Å². The molecular formula is C15H20F2N2O2. The third kappa shape index (κ3) is 3.22. The van der Waals surface area contributed by atoms with Crippen molar-refractivity contribution >= 4 is 11.6 Å². The molecule has 1 aliphatic rings. The first-order valence-electron chi connectivity index (χ1n) is 6.84. The molecule has 3 N–H and O–H groups in total. The van der Waals surface area contributed by atoms with Crippen LogP contribution in [-0.4, -0.2) is 24.1 Å². The van der Waals surface area contributed by atoms with Gasteiger partial charge >= 0.3 is 5.92 Å². The number of benzene rings is 1. The predicted molar refractivity (Wildman–Crippen MR) is 76.3 cm³/mol. The molecule has 1 aliphatic heterocycles. The van der Waals surface area contributed by atoms with Crippen LogP contribution in [0.4, 0.5) is 14.5 Å². The van der Waals surface area contributed by atoms with Crippen LogP contribution in [0.25, 0.3) is 0 Å². The van der Waals surface area contributed by atoms with Crippen molar-refractivity contribution in [3.05, 3.63) is 29.3 Å². The Bertz CT molecular complexity index is 553. The van der Waals surface area contributed by atoms with Gasteiger partial charge in [0.2, 0.25) is 0 Å². The van der Waals surface area contributed by atoms with E-state index in [9.17, 15) is 18.7 Å². The van der Waals surface area contributed by atoms with E-state index >= 15 is 0 Å². The van der Waals surface area contributed by atoms with Crippen LogP contribution in [0, 0.1) is 5.41 Å². The molecule has 2 rings (SSSR count). The Balaban J connectivity index is 2.19. The fourth-order valence-electron chi connectivity index (χ4n) is 2.31. The zero-order chi connectivity index (χ0) is 15.8. The number of carbonyl (C=O) groups excluding carboxylic acids is 1. The number of anilines is 1. The zero-order valence-electron chi connectivity index (χ0n) is 12.3. The maximum Gasteiger partial charge on any atom is 0.352 e. The number of rotatable bonds is 4. The first-order chi connectivity index (χ1) is 9.63. The van der Waals surface area contributed by atoms with E-state index in [4.69, 9.17) is 0 Å². The van der Waals surface area contributed by atoms with Crippen LogP contribution in [0.15, 0.2) is 18.2 Å². The molecule has 0 fully saturated rings. The number of nitrogens with one attached hydrogen (secondary N) is 2. The number of aliphatic hydroxyl groups excluding tert-OH is 1. The second-order valence-electron chi connectivity index (χ2n) is 6.51. The fourth-order valence-corrected chi connectivity index (χ4v) is 2.31. The second-order valence-corrected chi connectivity index (χ2v) is 6.51. The van der Waals surface area contributed by atoms with E-state index in [0.29, 0.717) is 6.54 Å². The van der Waals surface area contributed by atoms with E-state index in [0.717, 1.165) is 0 Å². The molecule has 1 heterocycles. The minimum atomic E-state index is -3.60. The number of aliphatic hydroxyl groups is 1. The van der Waals surface area contributed by atoms with Gasteiger partial charge in [-0.05, 0) is 17.0 Å². The summed E-state index contributed by atoms with van der Waals surface area (Å²) < 4.78 is 27.8. The number of alkyl halides is 2. The van der Waals surface area contributed by atoms with E-state index < -0.39 is 23.5 Å². The molecule has 0 saturated carbocycles. The number of hydrogen-bond acceptors (Lipinski definition) is 3. The lowest BCUT2D eigenvalue weighted by atomic mass is 9.95. The first kappa shape index (κ1) is 15.9. The van der Waals surface area contributed by atoms with Crippen molar-refractivity contribution in [2.75, 3.05) is 18.4 Å². The maximum absolute atomic E-state index is 13.9. The SMILES string of the molecule is CC(C)(C)CNC[C@H](O)c1cccc2c1C(F)(F)C(=O)N2. The minimum absolute atomic E-state index is 0.0276. The molecule has 21 heavy (non-hydrogen) atoms. The van der Waals surface area contributed by atoms with Crippen LogP contribution in [-0.2, 0) is 10.7 Å². The van der Waals surface area contributed by atoms with Gasteiger partial charge in [0.1, 0.15) is 0 Å². The molecule has 4 nitrogen and oxygen atoms in total. The monoisotopic (exact) mass is 298 g/mol. The highest BCUT2D eigenvalue weighted by atomic mass is 19.3. The third-order valence-corrected chi connectivity index (χ3v) is 3.30. The summed E-state index contributed by atoms with van der Waals surface area (Å²) in [4.78, 5) is 11.3. The topological polar surface area (TPSA) is 61.4 Å². The van der Waals surface area contributed by atoms with Crippen LogP contribution in [0.2, 0.25) is 0 Å². The number of halogens is 2. The highest BCUT2D eigenvalue weighted by molar-refractivity contribution is 6.04. The van der Waals surface area contributed by atoms with E-state index in [1.54, 1.807) is 6.07 Å². The molecular weight excluding hydrogens is 278 g/mol. The van der Waals surface area contributed by atoms with Crippen molar-refractivity contribution < 1.29 is 18.7 Å². The highest BCUT2D eigenvalue weighted by Gasteiger charge is 2.50. The molecule has 0 unspecified atom stereocenters. The van der Waals surface area contributed by atoms with Crippen molar-refractivity contribution in [3.8, 4) is 0 Å². The van der Waals surface area contributed by atoms with Gasteiger partial charge in [0.05, 0.1) is 17.4 Å². The van der Waals surface area contributed by atoms with Crippen molar-refractivity contribution in [1.82, 2.24) is 5.32 Å². The van der Waals surface area contributed by atoms with Crippen molar-refractivity contribution in [3.63, 3.8) is 0 Å². The third-order valence-electron chi connectivity index (χ3n) is 3.30. The standard InChI is InChI=1S/C15H20F2N2O2/c1-14(2,3)8-18-7-11(20)9-5-4-6-10-12(9)15(16,17)13(21)19-10/h4-6,11,18,20H,7-8H2,1-3H3,(H,19,21)/t11-/m0/s1. The second kappa shape index (κ2) is 5.35. The molecule has 0 saturated heterocycles. The molecule has 0 aliphatic carbocycles. The summed E-state index contributed by atoms with van der Waals surface area (Å²) in [6.07, 6.45) is -1.10. The lowest BCUT2D eigenvalue weighted by Gasteiger charge is -2.22. The Morgan fingerprint density at radius 3 is 2.67 bits per heavy atom. The highest BCUT2D eigenvalue weighted by Crippen LogP contribution is 2.43. The van der Waals surface area contributed by atoms with Gasteiger partial charge in [0.15, 0.2) is 0 Å². The van der Waals surface area contributed by atoms with E-state index in [2.05, 4.69) is 10.6 Å². The average molecular weight is 298 g/mol. The van der Waals surface area contributed by atoms with Crippen LogP contribution in [0.1, 0.15) is 38.0 Å². The first-order valence-corrected chi connectivity index (χ1v) is 6.84. The van der Waals surface area contributed by atoms with Gasteiger partial charge in [-0.15, -0.1) is 0 Å². The Labute approximate surface area is 122 Å². The summed E-state index contributed by atoms with van der Waals surface area (Å²) in [6, 6.07) is 4.38. The van der Waals surface area contributed by atoms with Gasteiger partial charge < -0.3 is 15.7 Å². The van der Waals surface area contributed by atoms with E-state index in [1.165, 1.54) is 12.1 Å². The lowest BCUT2D eigenvalue weighted by molar-refractivity contribution is -0.139. The summed E-state index contributed by atoms with van der Waals surface area (Å²) in [5.74, 6) is -4.95. The minimum Gasteiger partial charge on any atom is -0.387 e. The number of carbonyl (C=O) groups is 1. The average Bonchev–Trinajstić information content (AvgIpc) is 2.58. The summed E-state index contributed by atoms with van der Waals surface area (Å²) >= 11 is 0. The Morgan fingerprint density at radius 2 is 2.05 bits per heavy atom. The van der Waals surface area contributed by atoms with Gasteiger partial charge in [-0.2, -0.15) is 8.78 Å². The Morgan fingerprint density at radius 1 is 1.38 bits per heavy atom. The maximum atomic E-state index is 13.9. The molecule has 0 radical (unpaired) electrons. The molecule has 1 atom stereocenters. The van der Waals surface area contributed by atoms with Crippen LogP contribution in [0.5, 0.6) is 0 Å². The smallest absolute Gasteiger partial charge is 0.352 e. The quantitative estimate of drug-likeness (QED) is 0.800. The van der Waals surface area contributed by atoms with Crippen LogP contribution < -0.4 is 10.6 Å². The molecule has 6 heteroatoms. The van der Waals surface area contributed by atoms with Crippen LogP contribution >= 0.6 is 0 Å². The molecule has 1 aromatic carbocycles. The normalized spacial score (nSPS) is 18.3. The molecule has 1 aromatic rings. The zero-order valence-corrected chi connectivity index (χ0v) is 12.3. The number of fused-ring (bicyclic) bond motifs is 1. The number of hydrogen-bond donors (Lipinski definition) is 3. The Hall–Kier alpha value is -1.53. The summed E-state index contributed by atoms with van der Waals surface area (Å²) in [7, 11) is 0. The largest absolute Gasteiger partial charge is 0.387 e. The summed E-state index contributed by atoms with van der Waals surface area (Å²) in [5.41, 5.74) is -0.241. The summed E-state index contributed by atoms with van der Waals surface area (Å²) in [6.45, 7) is 6.89. The van der Waals surface area contributed by atoms with E-state index in [1.807, 2.05) is 20.8 Å². The van der Waals surface area contributed by atoms with Gasteiger partial charge in [-0.1, -0.05) is 32.9 Å². The van der Waals surface area contributed by atoms with Gasteiger partial charge in [-0.25, -0.2) is 0 Å². The predicted octanol–water partition coefficient (Wildman–Crippen LogP) is 2.40. The molecule has 0 aromatic heterocycles. The fraction of sp³-hybridized carbons (Fsp3) is 0.533. The van der Waals surface area contributed by atoms with Gasteiger partial charge in [0, 0.05) is 13.1 Å². The molecule has 0 spiro atoms. The van der Waals surface area contributed by atoms with Gasteiger partial charge in [-0.3, -0.25) is 4.79 Å².